The Labute approximate surface area is 125 Å². The van der Waals surface area contributed by atoms with E-state index in [1.165, 1.54) is 47.3 Å². The third-order valence-corrected chi connectivity index (χ3v) is 8.70. The van der Waals surface area contributed by atoms with Gasteiger partial charge in [0, 0.05) is 0 Å². The van der Waals surface area contributed by atoms with Gasteiger partial charge in [-0.2, -0.15) is 0 Å². The molecule has 0 saturated heterocycles. The van der Waals surface area contributed by atoms with Gasteiger partial charge in [-0.15, -0.1) is 0 Å². The second kappa shape index (κ2) is 4.75. The van der Waals surface area contributed by atoms with E-state index in [-0.39, 0.29) is 0 Å². The molecule has 6 aliphatic rings. The number of hydrogen-bond acceptors (Lipinski definition) is 0. The lowest BCUT2D eigenvalue weighted by Crippen LogP contribution is -2.52. The fourth-order valence-corrected chi connectivity index (χ4v) is 8.03. The van der Waals surface area contributed by atoms with Crippen LogP contribution in [0.1, 0.15) is 77.0 Å². The lowest BCUT2D eigenvalue weighted by molar-refractivity contribution is -0.107. The first-order valence-electron chi connectivity index (χ1n) is 9.93. The summed E-state index contributed by atoms with van der Waals surface area (Å²) in [6.45, 7) is 0. The van der Waals surface area contributed by atoms with E-state index in [2.05, 4.69) is 0 Å². The molecule has 20 heavy (non-hydrogen) atoms. The van der Waals surface area contributed by atoms with Gasteiger partial charge in [0.25, 0.3) is 0 Å². The molecule has 8 bridgehead atoms. The van der Waals surface area contributed by atoms with Crippen molar-refractivity contribution in [2.75, 3.05) is 0 Å². The van der Waals surface area contributed by atoms with Crippen LogP contribution >= 0.6 is 0 Å². The van der Waals surface area contributed by atoms with Crippen molar-refractivity contribution in [3.63, 3.8) is 0 Å². The maximum Gasteiger partial charge on any atom is -0.0352 e. The lowest BCUT2D eigenvalue weighted by atomic mass is 9.45. The van der Waals surface area contributed by atoms with Crippen LogP contribution in [0.15, 0.2) is 0 Å². The quantitative estimate of drug-likeness (QED) is 0.533. The Morgan fingerprint density at radius 1 is 0.250 bits per heavy atom. The lowest BCUT2D eigenvalue weighted by Gasteiger charge is -2.60. The Bertz CT molecular complexity index is 252. The normalized spacial score (nSPS) is 57.6. The second-order valence-electron chi connectivity index (χ2n) is 9.03. The van der Waals surface area contributed by atoms with E-state index in [0.717, 1.165) is 0 Å². The molecule has 0 spiro atoms. The minimum absolute atomic E-state index is 1.17. The average molecular weight is 272 g/mol. The smallest absolute Gasteiger partial charge is 0.0352 e. The summed E-state index contributed by atoms with van der Waals surface area (Å²) in [7, 11) is 0. The number of fused-ring (bicyclic) bond motifs is 8. The van der Waals surface area contributed by atoms with Gasteiger partial charge >= 0.3 is 0 Å². The van der Waals surface area contributed by atoms with Crippen LogP contribution in [0.4, 0.5) is 0 Å². The molecule has 6 rings (SSSR count). The highest BCUT2D eigenvalue weighted by Gasteiger charge is 2.54. The Morgan fingerprint density at radius 2 is 0.400 bits per heavy atom. The van der Waals surface area contributed by atoms with Crippen LogP contribution in [0, 0.1) is 47.3 Å². The highest BCUT2D eigenvalue weighted by molar-refractivity contribution is 5.03. The Balaban J connectivity index is 1.52. The van der Waals surface area contributed by atoms with E-state index in [9.17, 15) is 0 Å². The monoisotopic (exact) mass is 272 g/mol. The van der Waals surface area contributed by atoms with Gasteiger partial charge in [-0.3, -0.25) is 0 Å². The largest absolute Gasteiger partial charge is 0.0527 e. The fraction of sp³-hybridized carbons (Fsp3) is 1.00. The van der Waals surface area contributed by atoms with Gasteiger partial charge in [0.1, 0.15) is 0 Å². The maximum absolute atomic E-state index is 1.62. The SMILES string of the molecule is C1CC2C3CCCC4C(C1)C1CCCC2C3CCCC41. The second-order valence-corrected chi connectivity index (χ2v) is 9.03. The van der Waals surface area contributed by atoms with Crippen LogP contribution in [-0.2, 0) is 0 Å². The Morgan fingerprint density at radius 3 is 0.550 bits per heavy atom. The van der Waals surface area contributed by atoms with Crippen LogP contribution in [0.3, 0.4) is 0 Å². The molecule has 6 fully saturated rings. The molecule has 0 nitrogen and oxygen atoms in total. The minimum atomic E-state index is 1.17. The summed E-state index contributed by atoms with van der Waals surface area (Å²) < 4.78 is 0. The molecular weight excluding hydrogens is 240 g/mol. The van der Waals surface area contributed by atoms with Crippen molar-refractivity contribution in [3.8, 4) is 0 Å². The van der Waals surface area contributed by atoms with E-state index in [1.807, 2.05) is 0 Å². The molecule has 6 saturated carbocycles. The summed E-state index contributed by atoms with van der Waals surface area (Å²) in [4.78, 5) is 0. The molecule has 0 heterocycles. The van der Waals surface area contributed by atoms with Crippen molar-refractivity contribution < 1.29 is 0 Å². The van der Waals surface area contributed by atoms with Gasteiger partial charge in [0.15, 0.2) is 0 Å². The van der Waals surface area contributed by atoms with Crippen LogP contribution in [0.5, 0.6) is 0 Å². The first-order chi connectivity index (χ1) is 9.93. The zero-order chi connectivity index (χ0) is 13.1. The molecule has 6 aliphatic carbocycles. The summed E-state index contributed by atoms with van der Waals surface area (Å²) >= 11 is 0. The molecule has 0 N–H and O–H groups in total. The predicted molar refractivity (Wildman–Crippen MR) is 83.3 cm³/mol. The van der Waals surface area contributed by atoms with Crippen molar-refractivity contribution in [3.05, 3.63) is 0 Å². The standard InChI is InChI=1S/C20H32/c1-5-13-15-7-2-8-16-14(6-1)18-10-3-9-17(13)19(15)11-4-12-20(16)18/h13-20H,1-12H2. The summed E-state index contributed by atoms with van der Waals surface area (Å²) in [6, 6.07) is 0. The van der Waals surface area contributed by atoms with Crippen LogP contribution in [-0.4, -0.2) is 0 Å². The topological polar surface area (TPSA) is 0 Å². The maximum atomic E-state index is 1.62. The Kier molecular flexibility index (Phi) is 2.98. The first kappa shape index (κ1) is 12.5. The molecule has 0 unspecified atom stereocenters. The highest BCUT2D eigenvalue weighted by atomic mass is 14.6. The van der Waals surface area contributed by atoms with Crippen molar-refractivity contribution in [2.45, 2.75) is 77.0 Å². The molecule has 0 aromatic heterocycles. The third kappa shape index (κ3) is 1.66. The van der Waals surface area contributed by atoms with Gasteiger partial charge in [-0.1, -0.05) is 25.7 Å². The van der Waals surface area contributed by atoms with Crippen molar-refractivity contribution in [1.29, 1.82) is 0 Å². The van der Waals surface area contributed by atoms with Crippen molar-refractivity contribution in [2.24, 2.45) is 47.3 Å². The van der Waals surface area contributed by atoms with E-state index in [0.29, 0.717) is 0 Å². The molecule has 0 radical (unpaired) electrons. The van der Waals surface area contributed by atoms with Gasteiger partial charge in [0.05, 0.1) is 0 Å². The van der Waals surface area contributed by atoms with Crippen LogP contribution in [0.25, 0.3) is 0 Å². The predicted octanol–water partition coefficient (Wildman–Crippen LogP) is 5.67. The van der Waals surface area contributed by atoms with E-state index in [4.69, 9.17) is 0 Å². The van der Waals surface area contributed by atoms with Gasteiger partial charge in [-0.05, 0) is 98.7 Å². The summed E-state index contributed by atoms with van der Waals surface area (Å²) in [6.07, 6.45) is 19.3. The van der Waals surface area contributed by atoms with Crippen molar-refractivity contribution >= 4 is 0 Å². The van der Waals surface area contributed by atoms with Crippen LogP contribution in [0.2, 0.25) is 0 Å². The summed E-state index contributed by atoms with van der Waals surface area (Å²) in [5, 5.41) is 0. The third-order valence-electron chi connectivity index (χ3n) is 8.70. The summed E-state index contributed by atoms with van der Waals surface area (Å²) in [5.74, 6) is 9.36. The van der Waals surface area contributed by atoms with Crippen LogP contribution < -0.4 is 0 Å². The zero-order valence-electron chi connectivity index (χ0n) is 13.1. The van der Waals surface area contributed by atoms with Crippen molar-refractivity contribution in [1.82, 2.24) is 0 Å². The van der Waals surface area contributed by atoms with E-state index in [1.54, 1.807) is 77.0 Å². The number of hydrogen-bond donors (Lipinski definition) is 0. The molecule has 0 atom stereocenters. The molecule has 0 aliphatic heterocycles. The van der Waals surface area contributed by atoms with Gasteiger partial charge in [0.2, 0.25) is 0 Å². The molecule has 0 aromatic carbocycles. The summed E-state index contributed by atoms with van der Waals surface area (Å²) in [5.41, 5.74) is 0. The molecular formula is C20H32. The molecule has 0 heteroatoms. The van der Waals surface area contributed by atoms with E-state index >= 15 is 0 Å². The first-order valence-corrected chi connectivity index (χ1v) is 9.93. The zero-order valence-corrected chi connectivity index (χ0v) is 13.1. The van der Waals surface area contributed by atoms with Gasteiger partial charge < -0.3 is 0 Å². The molecule has 112 valence electrons. The molecule has 0 aromatic rings. The fourth-order valence-electron chi connectivity index (χ4n) is 8.03. The van der Waals surface area contributed by atoms with Gasteiger partial charge in [-0.25, -0.2) is 0 Å². The highest BCUT2D eigenvalue weighted by Crippen LogP contribution is 2.62. The molecule has 0 amide bonds. The van der Waals surface area contributed by atoms with E-state index < -0.39 is 0 Å². The average Bonchev–Trinajstić information content (AvgIpc) is 2.42. The Hall–Kier alpha value is 0. The number of rotatable bonds is 0. The minimum Gasteiger partial charge on any atom is -0.0527 e.